The maximum atomic E-state index is 6.57. The first-order valence-electron chi connectivity index (χ1n) is 19.8. The minimum atomic E-state index is -0.215. The lowest BCUT2D eigenvalue weighted by molar-refractivity contribution is -0.588. The second-order valence-corrected chi connectivity index (χ2v) is 15.3. The third-order valence-electron chi connectivity index (χ3n) is 11.9. The average Bonchev–Trinajstić information content (AvgIpc) is 3.65. The van der Waals surface area contributed by atoms with Crippen molar-refractivity contribution in [1.82, 2.24) is 0 Å². The van der Waals surface area contributed by atoms with E-state index < -0.39 is 0 Å². The average molecular weight is 732 g/mol. The summed E-state index contributed by atoms with van der Waals surface area (Å²) in [6, 6.07) is 67.9. The molecule has 0 bridgehead atoms. The fourth-order valence-electron chi connectivity index (χ4n) is 9.00. The van der Waals surface area contributed by atoms with Crippen molar-refractivity contribution in [2.45, 2.75) is 26.1 Å². The number of hydrogen-bond acceptors (Lipinski definition) is 2. The quantitative estimate of drug-likeness (QED) is 0.157. The zero-order chi connectivity index (χ0) is 37.9. The number of hydrogen-bond donors (Lipinski definition) is 0. The van der Waals surface area contributed by atoms with Crippen molar-refractivity contribution in [3.8, 4) is 22.3 Å². The number of nitrogens with zero attached hydrogens (tertiary/aromatic N) is 2. The van der Waals surface area contributed by atoms with E-state index in [1.54, 1.807) is 0 Å². The Hall–Kier alpha value is -7.10. The molecule has 3 nitrogen and oxygen atoms in total. The van der Waals surface area contributed by atoms with Crippen molar-refractivity contribution in [3.63, 3.8) is 0 Å². The summed E-state index contributed by atoms with van der Waals surface area (Å²) in [4.78, 5) is 5.69. The molecule has 0 saturated heterocycles. The first-order valence-corrected chi connectivity index (χ1v) is 19.8. The van der Waals surface area contributed by atoms with Gasteiger partial charge in [-0.3, -0.25) is 0 Å². The highest BCUT2D eigenvalue weighted by Crippen LogP contribution is 2.42. The first-order chi connectivity index (χ1) is 28.1. The summed E-state index contributed by atoms with van der Waals surface area (Å²) in [5.41, 5.74) is 12.6. The number of aliphatic imine (C=N–C) groups is 1. The molecule has 2 heterocycles. The van der Waals surface area contributed by atoms with Crippen LogP contribution in [0.25, 0.3) is 76.5 Å². The van der Waals surface area contributed by atoms with Crippen molar-refractivity contribution in [3.05, 3.63) is 205 Å². The summed E-state index contributed by atoms with van der Waals surface area (Å²) in [6.45, 7) is 3.05. The van der Waals surface area contributed by atoms with E-state index in [0.29, 0.717) is 0 Å². The van der Waals surface area contributed by atoms with E-state index in [1.165, 1.54) is 71.4 Å². The Kier molecular flexibility index (Phi) is 7.92. The van der Waals surface area contributed by atoms with Crippen LogP contribution in [-0.2, 0) is 6.54 Å². The summed E-state index contributed by atoms with van der Waals surface area (Å²) in [5.74, 6) is 0. The van der Waals surface area contributed by atoms with Gasteiger partial charge in [0.1, 0.15) is 11.2 Å². The zero-order valence-electron chi connectivity index (χ0n) is 31.7. The van der Waals surface area contributed by atoms with E-state index in [0.717, 1.165) is 46.2 Å². The lowest BCUT2D eigenvalue weighted by Gasteiger charge is -2.24. The molecule has 0 saturated carbocycles. The summed E-state index contributed by atoms with van der Waals surface area (Å²) >= 11 is 0. The summed E-state index contributed by atoms with van der Waals surface area (Å²) in [6.07, 6.45) is 0.576. The maximum absolute atomic E-state index is 6.57. The zero-order valence-corrected chi connectivity index (χ0v) is 31.7. The molecule has 0 aliphatic carbocycles. The van der Waals surface area contributed by atoms with Crippen LogP contribution in [0.3, 0.4) is 0 Å². The van der Waals surface area contributed by atoms with Crippen molar-refractivity contribution >= 4 is 65.7 Å². The predicted molar refractivity (Wildman–Crippen MR) is 239 cm³/mol. The monoisotopic (exact) mass is 731 g/mol. The van der Waals surface area contributed by atoms with E-state index in [-0.39, 0.29) is 6.17 Å². The Bertz CT molecular complexity index is 3260. The Balaban J connectivity index is 1.07. The molecule has 0 fully saturated rings. The van der Waals surface area contributed by atoms with Crippen LogP contribution in [0.15, 0.2) is 197 Å². The van der Waals surface area contributed by atoms with Crippen molar-refractivity contribution in [2.75, 3.05) is 0 Å². The van der Waals surface area contributed by atoms with Gasteiger partial charge in [0.05, 0.1) is 17.7 Å². The molecule has 57 heavy (non-hydrogen) atoms. The van der Waals surface area contributed by atoms with Gasteiger partial charge >= 0.3 is 0 Å². The molecule has 270 valence electrons. The lowest BCUT2D eigenvalue weighted by atomic mass is 9.90. The third kappa shape index (κ3) is 5.82. The van der Waals surface area contributed by atoms with Gasteiger partial charge in [-0.2, -0.15) is 0 Å². The normalized spacial score (nSPS) is 14.6. The van der Waals surface area contributed by atoms with Gasteiger partial charge in [-0.05, 0) is 96.5 Å². The molecule has 11 rings (SSSR count). The summed E-state index contributed by atoms with van der Waals surface area (Å²) in [5, 5.41) is 9.66. The molecule has 0 N–H and O–H groups in total. The van der Waals surface area contributed by atoms with Gasteiger partial charge in [-0.25, -0.2) is 9.57 Å². The van der Waals surface area contributed by atoms with Crippen LogP contribution >= 0.6 is 0 Å². The molecule has 3 heteroatoms. The Morgan fingerprint density at radius 2 is 1.21 bits per heavy atom. The Morgan fingerprint density at radius 3 is 2.04 bits per heavy atom. The summed E-state index contributed by atoms with van der Waals surface area (Å²) < 4.78 is 9.09. The smallest absolute Gasteiger partial charge is 0.273 e. The molecular formula is C54H39N2O+. The van der Waals surface area contributed by atoms with Crippen molar-refractivity contribution in [2.24, 2.45) is 4.99 Å². The van der Waals surface area contributed by atoms with Crippen LogP contribution < -0.4 is 0 Å². The van der Waals surface area contributed by atoms with Gasteiger partial charge in [-0.15, -0.1) is 0 Å². The lowest BCUT2D eigenvalue weighted by Crippen LogP contribution is -2.30. The molecule has 0 radical (unpaired) electrons. The maximum Gasteiger partial charge on any atom is 0.273 e. The van der Waals surface area contributed by atoms with E-state index in [2.05, 4.69) is 200 Å². The number of benzene rings is 9. The molecule has 1 atom stereocenters. The fourth-order valence-corrected chi connectivity index (χ4v) is 9.00. The second-order valence-electron chi connectivity index (χ2n) is 15.3. The van der Waals surface area contributed by atoms with Gasteiger partial charge in [0.15, 0.2) is 12.3 Å². The number of rotatable bonds is 6. The van der Waals surface area contributed by atoms with E-state index in [9.17, 15) is 0 Å². The van der Waals surface area contributed by atoms with Crippen LogP contribution in [-0.4, -0.2) is 16.0 Å². The first kappa shape index (κ1) is 33.3. The van der Waals surface area contributed by atoms with Crippen LogP contribution in [0, 0.1) is 0 Å². The van der Waals surface area contributed by atoms with Crippen LogP contribution in [0.2, 0.25) is 0 Å². The van der Waals surface area contributed by atoms with Gasteiger partial charge in [-0.1, -0.05) is 152 Å². The largest absolute Gasteiger partial charge is 0.456 e. The van der Waals surface area contributed by atoms with Crippen LogP contribution in [0.4, 0.5) is 0 Å². The highest BCUT2D eigenvalue weighted by Gasteiger charge is 2.33. The SMILES string of the molecule is CC1=[N+](Cc2ccc3ccccc3c2)C(c2ccc(-c3cccc4oc5cc(-c6ccccc6)ccc5c34)c3ccccc23)N=C(c2ccc3ccccc3c2)C1. The van der Waals surface area contributed by atoms with E-state index >= 15 is 0 Å². The molecule has 1 unspecified atom stereocenters. The van der Waals surface area contributed by atoms with Crippen molar-refractivity contribution in [1.29, 1.82) is 0 Å². The Morgan fingerprint density at radius 1 is 0.509 bits per heavy atom. The molecule has 10 aromatic rings. The molecule has 0 spiro atoms. The molecular weight excluding hydrogens is 693 g/mol. The second kappa shape index (κ2) is 13.6. The molecule has 0 amide bonds. The molecule has 1 aromatic heterocycles. The van der Waals surface area contributed by atoms with Gasteiger partial charge in [0.25, 0.3) is 6.17 Å². The van der Waals surface area contributed by atoms with Crippen LogP contribution in [0.1, 0.15) is 36.2 Å². The molecule has 1 aliphatic heterocycles. The summed E-state index contributed by atoms with van der Waals surface area (Å²) in [7, 11) is 0. The van der Waals surface area contributed by atoms with Gasteiger partial charge in [0, 0.05) is 23.3 Å². The van der Waals surface area contributed by atoms with Gasteiger partial charge in [0.2, 0.25) is 0 Å². The Labute approximate surface area is 331 Å². The topological polar surface area (TPSA) is 28.5 Å². The van der Waals surface area contributed by atoms with E-state index in [4.69, 9.17) is 9.41 Å². The highest BCUT2D eigenvalue weighted by molar-refractivity contribution is 6.16. The third-order valence-corrected chi connectivity index (χ3v) is 11.9. The van der Waals surface area contributed by atoms with Crippen LogP contribution in [0.5, 0.6) is 0 Å². The number of furan rings is 1. The number of fused-ring (bicyclic) bond motifs is 6. The van der Waals surface area contributed by atoms with Crippen molar-refractivity contribution < 1.29 is 8.99 Å². The minimum Gasteiger partial charge on any atom is -0.456 e. The fraction of sp³-hybridized carbons (Fsp3) is 0.0741. The minimum absolute atomic E-state index is 0.215. The molecule has 1 aliphatic rings. The molecule has 9 aromatic carbocycles. The highest BCUT2D eigenvalue weighted by atomic mass is 16.3. The standard InChI is InChI=1S/C54H39N2O/c1-35-30-50(43-25-24-39-15-6-8-17-41(39)32-43)55-54(56(35)34-36-22-23-38-14-5-7-16-40(38)31-36)48-29-28-46(44-18-9-10-19-45(44)48)47-20-11-21-51-53(47)49-27-26-42(33-52(49)57-51)37-12-3-2-4-13-37/h2-29,31-33,54H,30,34H2,1H3/q+1. The predicted octanol–water partition coefficient (Wildman–Crippen LogP) is 13.9. The van der Waals surface area contributed by atoms with Gasteiger partial charge < -0.3 is 4.42 Å². The van der Waals surface area contributed by atoms with E-state index in [1.807, 2.05) is 0 Å².